The van der Waals surface area contributed by atoms with Crippen LogP contribution >= 0.6 is 11.3 Å². The van der Waals surface area contributed by atoms with E-state index in [1.807, 2.05) is 30.6 Å². The van der Waals surface area contributed by atoms with Gasteiger partial charge in [-0.15, -0.1) is 11.3 Å². The smallest absolute Gasteiger partial charge is 0.261 e. The quantitative estimate of drug-likeness (QED) is 0.246. The van der Waals surface area contributed by atoms with Gasteiger partial charge in [-0.3, -0.25) is 9.79 Å². The van der Waals surface area contributed by atoms with Crippen molar-refractivity contribution in [3.05, 3.63) is 58.2 Å². The van der Waals surface area contributed by atoms with Gasteiger partial charge in [-0.2, -0.15) is 0 Å². The lowest BCUT2D eigenvalue weighted by atomic mass is 10.1. The van der Waals surface area contributed by atoms with Crippen molar-refractivity contribution >= 4 is 34.1 Å². The van der Waals surface area contributed by atoms with Crippen molar-refractivity contribution in [1.29, 1.82) is 0 Å². The summed E-state index contributed by atoms with van der Waals surface area (Å²) in [7, 11) is 0. The van der Waals surface area contributed by atoms with Crippen molar-refractivity contribution in [3.8, 4) is 0 Å². The zero-order valence-corrected chi connectivity index (χ0v) is 17.2. The summed E-state index contributed by atoms with van der Waals surface area (Å²) in [6, 6.07) is 8.45. The molecule has 0 saturated heterocycles. The Morgan fingerprint density at radius 2 is 2.10 bits per heavy atom. The number of thiophene rings is 1. The fourth-order valence-corrected chi connectivity index (χ4v) is 3.62. The molecule has 0 spiro atoms. The van der Waals surface area contributed by atoms with Crippen molar-refractivity contribution in [2.24, 2.45) is 4.99 Å². The second kappa shape index (κ2) is 10.6. The van der Waals surface area contributed by atoms with Gasteiger partial charge in [0.25, 0.3) is 5.91 Å². The van der Waals surface area contributed by atoms with Gasteiger partial charge >= 0.3 is 0 Å². The SMILES string of the molecule is CCNC(=NCCCNC(=O)c1cccs1)NCCc1c[nH]c2ccc(F)cc12. The van der Waals surface area contributed by atoms with E-state index in [4.69, 9.17) is 0 Å². The number of hydrogen-bond acceptors (Lipinski definition) is 3. The number of rotatable bonds is 9. The van der Waals surface area contributed by atoms with E-state index in [1.165, 1.54) is 17.4 Å². The Labute approximate surface area is 173 Å². The molecule has 0 aliphatic rings. The lowest BCUT2D eigenvalue weighted by Gasteiger charge is -2.11. The number of aliphatic imine (C=N–C) groups is 1. The van der Waals surface area contributed by atoms with Crippen molar-refractivity contribution < 1.29 is 9.18 Å². The first kappa shape index (κ1) is 20.9. The number of guanidine groups is 1. The Morgan fingerprint density at radius 3 is 2.90 bits per heavy atom. The van der Waals surface area contributed by atoms with Crippen LogP contribution < -0.4 is 16.0 Å². The van der Waals surface area contributed by atoms with Gasteiger partial charge in [-0.1, -0.05) is 6.07 Å². The minimum absolute atomic E-state index is 0.0378. The molecule has 0 bridgehead atoms. The average Bonchev–Trinajstić information content (AvgIpc) is 3.38. The topological polar surface area (TPSA) is 81.3 Å². The number of carbonyl (C=O) groups excluding carboxylic acids is 1. The van der Waals surface area contributed by atoms with Crippen LogP contribution in [-0.2, 0) is 6.42 Å². The van der Waals surface area contributed by atoms with E-state index in [0.717, 1.165) is 46.7 Å². The van der Waals surface area contributed by atoms with E-state index < -0.39 is 0 Å². The minimum Gasteiger partial charge on any atom is -0.361 e. The zero-order chi connectivity index (χ0) is 20.5. The van der Waals surface area contributed by atoms with Gasteiger partial charge in [-0.25, -0.2) is 4.39 Å². The first-order chi connectivity index (χ1) is 14.2. The lowest BCUT2D eigenvalue weighted by Crippen LogP contribution is -2.38. The fourth-order valence-electron chi connectivity index (χ4n) is 2.98. The molecule has 29 heavy (non-hydrogen) atoms. The van der Waals surface area contributed by atoms with Crippen LogP contribution in [0.15, 0.2) is 46.9 Å². The number of hydrogen-bond donors (Lipinski definition) is 4. The Morgan fingerprint density at radius 1 is 1.21 bits per heavy atom. The van der Waals surface area contributed by atoms with Gasteiger partial charge in [0.05, 0.1) is 4.88 Å². The molecule has 8 heteroatoms. The van der Waals surface area contributed by atoms with Crippen molar-refractivity contribution in [1.82, 2.24) is 20.9 Å². The fraction of sp³-hybridized carbons (Fsp3) is 0.333. The molecular formula is C21H26FN5OS. The molecule has 6 nitrogen and oxygen atoms in total. The first-order valence-electron chi connectivity index (χ1n) is 9.76. The number of fused-ring (bicyclic) bond motifs is 1. The normalized spacial score (nSPS) is 11.6. The highest BCUT2D eigenvalue weighted by Crippen LogP contribution is 2.19. The minimum atomic E-state index is -0.229. The number of halogens is 1. The van der Waals surface area contributed by atoms with Crippen LogP contribution in [0.2, 0.25) is 0 Å². The standard InChI is InChI=1S/C21H26FN5OS/c1-2-23-21(25-10-4-9-24-20(28)19-5-3-12-29-19)26-11-8-15-14-27-18-7-6-16(22)13-17(15)18/h3,5-7,12-14,27H,2,4,8-11H2,1H3,(H,24,28)(H2,23,25,26). The molecule has 4 N–H and O–H groups in total. The molecule has 0 aliphatic carbocycles. The highest BCUT2D eigenvalue weighted by molar-refractivity contribution is 7.12. The van der Waals surface area contributed by atoms with Crippen LogP contribution in [0.4, 0.5) is 4.39 Å². The average molecular weight is 416 g/mol. The van der Waals surface area contributed by atoms with Crippen LogP contribution in [0.1, 0.15) is 28.6 Å². The Hall–Kier alpha value is -2.87. The van der Waals surface area contributed by atoms with Gasteiger partial charge < -0.3 is 20.9 Å². The Bertz CT molecular complexity index is 951. The molecule has 0 radical (unpaired) electrons. The van der Waals surface area contributed by atoms with Crippen LogP contribution in [0, 0.1) is 5.82 Å². The number of amides is 1. The molecule has 3 aromatic rings. The van der Waals surface area contributed by atoms with E-state index in [-0.39, 0.29) is 11.7 Å². The maximum atomic E-state index is 13.5. The summed E-state index contributed by atoms with van der Waals surface area (Å²) >= 11 is 1.43. The van der Waals surface area contributed by atoms with Crippen LogP contribution in [0.25, 0.3) is 10.9 Å². The number of aromatic amines is 1. The van der Waals surface area contributed by atoms with Crippen LogP contribution in [-0.4, -0.2) is 43.0 Å². The molecule has 3 rings (SSSR count). The van der Waals surface area contributed by atoms with Gasteiger partial charge in [-0.05, 0) is 55.0 Å². The van der Waals surface area contributed by atoms with Crippen molar-refractivity contribution in [2.75, 3.05) is 26.2 Å². The second-order valence-electron chi connectivity index (χ2n) is 6.53. The highest BCUT2D eigenvalue weighted by atomic mass is 32.1. The third kappa shape index (κ3) is 6.05. The molecule has 2 aromatic heterocycles. The van der Waals surface area contributed by atoms with E-state index in [1.54, 1.807) is 12.1 Å². The monoisotopic (exact) mass is 415 g/mol. The number of aromatic nitrogens is 1. The summed E-state index contributed by atoms with van der Waals surface area (Å²) < 4.78 is 13.5. The molecular weight excluding hydrogens is 389 g/mol. The maximum absolute atomic E-state index is 13.5. The summed E-state index contributed by atoms with van der Waals surface area (Å²) in [6.45, 7) is 4.66. The molecule has 154 valence electrons. The molecule has 0 fully saturated rings. The third-order valence-corrected chi connectivity index (χ3v) is 5.26. The highest BCUT2D eigenvalue weighted by Gasteiger charge is 2.06. The second-order valence-corrected chi connectivity index (χ2v) is 7.48. The van der Waals surface area contributed by atoms with Gasteiger partial charge in [0.2, 0.25) is 0 Å². The number of nitrogens with zero attached hydrogens (tertiary/aromatic N) is 1. The van der Waals surface area contributed by atoms with Crippen molar-refractivity contribution in [3.63, 3.8) is 0 Å². The van der Waals surface area contributed by atoms with Gasteiger partial charge in [0.1, 0.15) is 5.82 Å². The summed E-state index contributed by atoms with van der Waals surface area (Å²) in [6.07, 6.45) is 3.44. The molecule has 0 atom stereocenters. The molecule has 0 saturated carbocycles. The summed E-state index contributed by atoms with van der Waals surface area (Å²) in [5.74, 6) is 0.472. The first-order valence-corrected chi connectivity index (χ1v) is 10.6. The van der Waals surface area contributed by atoms with E-state index in [2.05, 4.69) is 25.9 Å². The van der Waals surface area contributed by atoms with Crippen molar-refractivity contribution in [2.45, 2.75) is 19.8 Å². The Kier molecular flexibility index (Phi) is 7.63. The largest absolute Gasteiger partial charge is 0.361 e. The number of H-pyrrole nitrogens is 1. The van der Waals surface area contributed by atoms with E-state index >= 15 is 0 Å². The summed E-state index contributed by atoms with van der Waals surface area (Å²) in [5.41, 5.74) is 2.01. The number of nitrogens with one attached hydrogen (secondary N) is 4. The van der Waals surface area contributed by atoms with Crippen LogP contribution in [0.5, 0.6) is 0 Å². The Balaban J connectivity index is 1.42. The number of carbonyl (C=O) groups is 1. The molecule has 0 unspecified atom stereocenters. The third-order valence-electron chi connectivity index (χ3n) is 4.40. The summed E-state index contributed by atoms with van der Waals surface area (Å²) in [4.78, 5) is 20.3. The molecule has 0 aliphatic heterocycles. The number of benzene rings is 1. The van der Waals surface area contributed by atoms with E-state index in [0.29, 0.717) is 19.6 Å². The predicted octanol–water partition coefficient (Wildman–Crippen LogP) is 3.29. The zero-order valence-electron chi connectivity index (χ0n) is 16.4. The lowest BCUT2D eigenvalue weighted by molar-refractivity contribution is 0.0957. The predicted molar refractivity (Wildman–Crippen MR) is 117 cm³/mol. The van der Waals surface area contributed by atoms with Gasteiger partial charge in [0, 0.05) is 43.3 Å². The summed E-state index contributed by atoms with van der Waals surface area (Å²) in [5, 5.41) is 12.2. The van der Waals surface area contributed by atoms with Crippen LogP contribution in [0.3, 0.4) is 0 Å². The molecule has 2 heterocycles. The molecule has 1 amide bonds. The van der Waals surface area contributed by atoms with Gasteiger partial charge in [0.15, 0.2) is 5.96 Å². The van der Waals surface area contributed by atoms with E-state index in [9.17, 15) is 9.18 Å². The maximum Gasteiger partial charge on any atom is 0.261 e. The molecule has 1 aromatic carbocycles.